The molecule has 7 nitrogen and oxygen atoms in total. The first-order chi connectivity index (χ1) is 23.5. The molecule has 1 saturated heterocycles. The second-order valence-electron chi connectivity index (χ2n) is 14.3. The summed E-state index contributed by atoms with van der Waals surface area (Å²) in [6.45, 7) is 10.9. The molecule has 0 radical (unpaired) electrons. The van der Waals surface area contributed by atoms with Crippen LogP contribution in [-0.4, -0.2) is 46.1 Å². The van der Waals surface area contributed by atoms with E-state index in [1.807, 2.05) is 24.0 Å². The highest BCUT2D eigenvalue weighted by Gasteiger charge is 2.38. The zero-order valence-corrected chi connectivity index (χ0v) is 29.0. The summed E-state index contributed by atoms with van der Waals surface area (Å²) >= 11 is 0. The number of nitrogens with zero attached hydrogens (tertiary/aromatic N) is 2. The van der Waals surface area contributed by atoms with Gasteiger partial charge in [-0.05, 0) is 112 Å². The number of halogens is 5. The molecule has 1 aliphatic heterocycles. The number of carboxylic acid groups (broad SMARTS) is 1. The first-order valence-corrected chi connectivity index (χ1v) is 17.1. The molecule has 0 unspecified atom stereocenters. The van der Waals surface area contributed by atoms with Gasteiger partial charge in [-0.3, -0.25) is 14.4 Å². The van der Waals surface area contributed by atoms with Gasteiger partial charge >= 0.3 is 12.1 Å². The maximum absolute atomic E-state index is 16.7. The molecule has 2 aliphatic rings. The molecule has 50 heavy (non-hydrogen) atoms. The number of hydrogen-bond acceptors (Lipinski definition) is 4. The molecule has 1 aliphatic carbocycles. The normalized spacial score (nSPS) is 16.3. The van der Waals surface area contributed by atoms with E-state index in [4.69, 9.17) is 0 Å². The molecule has 2 N–H and O–H groups in total. The van der Waals surface area contributed by atoms with Gasteiger partial charge in [0.25, 0.3) is 5.56 Å². The van der Waals surface area contributed by atoms with E-state index in [1.165, 1.54) is 6.07 Å². The molecule has 5 rings (SSSR count). The van der Waals surface area contributed by atoms with E-state index in [9.17, 15) is 32.7 Å². The van der Waals surface area contributed by atoms with Crippen molar-refractivity contribution in [2.24, 2.45) is 5.92 Å². The average molecular weight is 702 g/mol. The predicted octanol–water partition coefficient (Wildman–Crippen LogP) is 7.78. The fourth-order valence-corrected chi connectivity index (χ4v) is 7.11. The minimum absolute atomic E-state index is 0.0114. The van der Waals surface area contributed by atoms with Crippen LogP contribution in [0, 0.1) is 38.3 Å². The van der Waals surface area contributed by atoms with Crippen molar-refractivity contribution < 1.29 is 36.6 Å². The van der Waals surface area contributed by atoms with Gasteiger partial charge in [-0.1, -0.05) is 31.5 Å². The molecular weight excluding hydrogens is 657 g/mol. The summed E-state index contributed by atoms with van der Waals surface area (Å²) in [5.41, 5.74) is 0.375. The number of likely N-dealkylation sites (tertiary alicyclic amines) is 1. The molecular formula is C38H44F5N3O4. The van der Waals surface area contributed by atoms with Gasteiger partial charge in [0.1, 0.15) is 17.7 Å². The van der Waals surface area contributed by atoms with Gasteiger partial charge in [0.05, 0.1) is 18.0 Å². The van der Waals surface area contributed by atoms with Gasteiger partial charge < -0.3 is 19.9 Å². The Labute approximate surface area is 288 Å². The molecule has 0 bridgehead atoms. The summed E-state index contributed by atoms with van der Waals surface area (Å²) < 4.78 is 76.2. The van der Waals surface area contributed by atoms with Crippen molar-refractivity contribution in [3.8, 4) is 11.1 Å². The van der Waals surface area contributed by atoms with Crippen LogP contribution < -0.4 is 10.9 Å². The topological polar surface area (TPSA) is 91.6 Å². The van der Waals surface area contributed by atoms with Crippen molar-refractivity contribution in [3.63, 3.8) is 0 Å². The third-order valence-corrected chi connectivity index (χ3v) is 9.72. The highest BCUT2D eigenvalue weighted by Crippen LogP contribution is 2.46. The number of hydrogen-bond donors (Lipinski definition) is 2. The first kappa shape index (κ1) is 37.2. The van der Waals surface area contributed by atoms with Crippen molar-refractivity contribution >= 4 is 11.9 Å². The van der Waals surface area contributed by atoms with E-state index in [-0.39, 0.29) is 41.4 Å². The Morgan fingerprint density at radius 1 is 1.00 bits per heavy atom. The van der Waals surface area contributed by atoms with Crippen molar-refractivity contribution in [2.45, 2.75) is 97.3 Å². The fourth-order valence-electron chi connectivity index (χ4n) is 7.11. The SMILES string of the molecule is Cc1cc(C)c(-c2cc(C3CC3)c(F)c([C@H](CC(=O)O)NC(=O)[C@H](CC(C)C)n3cc(CCN4CCC4)c(C(F)(F)F)cc3=O)c2F)c(C)c1. The Hall–Kier alpha value is -4.06. The number of aliphatic carboxylic acids is 1. The molecule has 2 atom stereocenters. The second kappa shape index (κ2) is 14.7. The average Bonchev–Trinajstić information content (AvgIpc) is 3.81. The zero-order valence-electron chi connectivity index (χ0n) is 29.0. The smallest absolute Gasteiger partial charge is 0.416 e. The van der Waals surface area contributed by atoms with Crippen LogP contribution in [0.2, 0.25) is 0 Å². The summed E-state index contributed by atoms with van der Waals surface area (Å²) in [5.74, 6) is -4.75. The number of pyridine rings is 1. The molecule has 2 heterocycles. The molecule has 2 aromatic carbocycles. The van der Waals surface area contributed by atoms with Crippen molar-refractivity contribution in [1.82, 2.24) is 14.8 Å². The van der Waals surface area contributed by atoms with Gasteiger partial charge in [-0.15, -0.1) is 0 Å². The minimum Gasteiger partial charge on any atom is -0.481 e. The number of nitrogens with one attached hydrogen (secondary N) is 1. The standard InChI is InChI=1S/C38H44F5N3O4/c1-20(2)13-30(46-19-25(9-12-45-10-6-11-45)28(17-31(46)47)38(41,42)43)37(50)44-29(18-32(48)49)34-35(39)26(24-7-8-24)16-27(36(34)40)33-22(4)14-21(3)15-23(33)5/h14-17,19-20,24,29-30H,6-13,18H2,1-5H3,(H,44,50)(H,48,49)/t29-,30-/m0/s1. The van der Waals surface area contributed by atoms with Gasteiger partial charge in [0.2, 0.25) is 5.91 Å². The lowest BCUT2D eigenvalue weighted by Gasteiger charge is -2.31. The monoisotopic (exact) mass is 701 g/mol. The highest BCUT2D eigenvalue weighted by atomic mass is 19.4. The largest absolute Gasteiger partial charge is 0.481 e. The molecule has 1 aromatic heterocycles. The van der Waals surface area contributed by atoms with Gasteiger partial charge in [0.15, 0.2) is 0 Å². The first-order valence-electron chi connectivity index (χ1n) is 17.1. The van der Waals surface area contributed by atoms with Crippen molar-refractivity contribution in [1.29, 1.82) is 0 Å². The number of aromatic nitrogens is 1. The molecule has 3 aromatic rings. The zero-order chi connectivity index (χ0) is 36.7. The quantitative estimate of drug-likeness (QED) is 0.178. The molecule has 270 valence electrons. The van der Waals surface area contributed by atoms with E-state index in [0.717, 1.165) is 47.0 Å². The van der Waals surface area contributed by atoms with Crippen LogP contribution in [0.1, 0.15) is 103 Å². The van der Waals surface area contributed by atoms with E-state index in [1.54, 1.807) is 27.7 Å². The lowest BCUT2D eigenvalue weighted by molar-refractivity contribution is -0.139. The highest BCUT2D eigenvalue weighted by molar-refractivity contribution is 5.82. The number of benzene rings is 2. The van der Waals surface area contributed by atoms with Crippen LogP contribution in [-0.2, 0) is 22.2 Å². The Morgan fingerprint density at radius 2 is 1.64 bits per heavy atom. The number of rotatable bonds is 13. The Bertz CT molecular complexity index is 1820. The summed E-state index contributed by atoms with van der Waals surface area (Å²) in [7, 11) is 0. The molecule has 2 fully saturated rings. The second-order valence-corrected chi connectivity index (χ2v) is 14.3. The Balaban J connectivity index is 1.60. The van der Waals surface area contributed by atoms with E-state index < -0.39 is 64.9 Å². The molecule has 0 spiro atoms. The molecule has 1 amide bonds. The Morgan fingerprint density at radius 3 is 2.16 bits per heavy atom. The van der Waals surface area contributed by atoms with Crippen LogP contribution in [0.3, 0.4) is 0 Å². The third kappa shape index (κ3) is 8.11. The predicted molar refractivity (Wildman–Crippen MR) is 180 cm³/mol. The number of aryl methyl sites for hydroxylation is 3. The lowest BCUT2D eigenvalue weighted by Crippen LogP contribution is -2.41. The van der Waals surface area contributed by atoms with Crippen LogP contribution in [0.4, 0.5) is 22.0 Å². The number of amides is 1. The molecule has 1 saturated carbocycles. The van der Waals surface area contributed by atoms with Gasteiger partial charge in [-0.2, -0.15) is 13.2 Å². The number of carbonyl (C=O) groups excluding carboxylic acids is 1. The van der Waals surface area contributed by atoms with E-state index >= 15 is 8.78 Å². The van der Waals surface area contributed by atoms with E-state index in [2.05, 4.69) is 5.32 Å². The number of carbonyl (C=O) groups is 2. The van der Waals surface area contributed by atoms with Crippen LogP contribution >= 0.6 is 0 Å². The van der Waals surface area contributed by atoms with Crippen LogP contribution in [0.25, 0.3) is 11.1 Å². The molecule has 12 heteroatoms. The number of carboxylic acids is 1. The summed E-state index contributed by atoms with van der Waals surface area (Å²) in [6.07, 6.45) is -2.39. The van der Waals surface area contributed by atoms with Gasteiger partial charge in [0, 0.05) is 29.9 Å². The van der Waals surface area contributed by atoms with Crippen molar-refractivity contribution in [2.75, 3.05) is 19.6 Å². The summed E-state index contributed by atoms with van der Waals surface area (Å²) in [4.78, 5) is 41.6. The maximum Gasteiger partial charge on any atom is 0.416 e. The third-order valence-electron chi connectivity index (χ3n) is 9.72. The van der Waals surface area contributed by atoms with Gasteiger partial charge in [-0.25, -0.2) is 8.78 Å². The maximum atomic E-state index is 16.7. The summed E-state index contributed by atoms with van der Waals surface area (Å²) in [6, 6.07) is 2.62. The number of alkyl halides is 3. The van der Waals surface area contributed by atoms with Crippen LogP contribution in [0.15, 0.2) is 35.3 Å². The van der Waals surface area contributed by atoms with Crippen molar-refractivity contribution in [3.05, 3.63) is 91.4 Å². The Kier molecular flexibility index (Phi) is 10.9. The lowest BCUT2D eigenvalue weighted by atomic mass is 9.87. The van der Waals surface area contributed by atoms with E-state index in [0.29, 0.717) is 31.0 Å². The fraction of sp³-hybridized carbons (Fsp3) is 0.500. The summed E-state index contributed by atoms with van der Waals surface area (Å²) in [5, 5.41) is 12.4. The van der Waals surface area contributed by atoms with Crippen LogP contribution in [0.5, 0.6) is 0 Å². The minimum atomic E-state index is -4.81.